The van der Waals surface area contributed by atoms with Crippen molar-refractivity contribution in [1.82, 2.24) is 20.2 Å². The van der Waals surface area contributed by atoms with Gasteiger partial charge in [0.15, 0.2) is 5.01 Å². The Morgan fingerprint density at radius 3 is 2.54 bits per heavy atom. The number of anilines is 1. The van der Waals surface area contributed by atoms with Crippen LogP contribution in [0.4, 0.5) is 14.6 Å². The highest BCUT2D eigenvalue weighted by molar-refractivity contribution is 7.17. The molecule has 37 heavy (non-hydrogen) atoms. The fourth-order valence-corrected chi connectivity index (χ4v) is 5.59. The lowest BCUT2D eigenvalue weighted by molar-refractivity contribution is 0.0408. The van der Waals surface area contributed by atoms with Crippen molar-refractivity contribution in [1.29, 1.82) is 0 Å². The van der Waals surface area contributed by atoms with Crippen LogP contribution in [0.15, 0.2) is 12.3 Å². The van der Waals surface area contributed by atoms with Crippen LogP contribution in [0.3, 0.4) is 0 Å². The quantitative estimate of drug-likeness (QED) is 0.439. The predicted molar refractivity (Wildman–Crippen MR) is 139 cm³/mol. The van der Waals surface area contributed by atoms with E-state index in [1.54, 1.807) is 25.7 Å². The maximum absolute atomic E-state index is 14.3. The molecule has 2 fully saturated rings. The second-order valence-corrected chi connectivity index (χ2v) is 12.0. The van der Waals surface area contributed by atoms with Gasteiger partial charge in [-0.25, -0.2) is 18.7 Å². The monoisotopic (exact) mass is 535 g/mol. The summed E-state index contributed by atoms with van der Waals surface area (Å²) in [4.78, 5) is 37.1. The number of nitrogens with zero attached hydrogens (tertiary/aromatic N) is 3. The molecule has 4 rings (SSSR count). The Bertz CT molecular complexity index is 1180. The van der Waals surface area contributed by atoms with Crippen molar-refractivity contribution < 1.29 is 23.5 Å². The van der Waals surface area contributed by atoms with Gasteiger partial charge in [-0.1, -0.05) is 0 Å². The minimum absolute atomic E-state index is 0.0166. The van der Waals surface area contributed by atoms with E-state index in [1.807, 2.05) is 13.8 Å². The predicted octanol–water partition coefficient (Wildman–Crippen LogP) is 5.01. The summed E-state index contributed by atoms with van der Waals surface area (Å²) in [6.07, 6.45) is 3.13. The highest BCUT2D eigenvalue weighted by Gasteiger charge is 2.35. The number of hydrogen-bond acceptors (Lipinski definition) is 7. The first-order chi connectivity index (χ1) is 17.3. The normalized spacial score (nSPS) is 20.0. The summed E-state index contributed by atoms with van der Waals surface area (Å²) in [5.41, 5.74) is -1.58. The summed E-state index contributed by atoms with van der Waals surface area (Å²) in [5.74, 6) is -0.629. The maximum atomic E-state index is 14.3. The Morgan fingerprint density at radius 2 is 2.00 bits per heavy atom. The highest BCUT2D eigenvalue weighted by Crippen LogP contribution is 2.40. The number of aliphatic hydroxyl groups is 1. The molecule has 2 aromatic heterocycles. The molecule has 1 aliphatic carbocycles. The Hall–Kier alpha value is -2.66. The van der Waals surface area contributed by atoms with Crippen molar-refractivity contribution in [2.45, 2.75) is 96.4 Å². The molecule has 1 aliphatic heterocycles. The second-order valence-electron chi connectivity index (χ2n) is 11.0. The molecular formula is C26H35F2N5O3S. The second kappa shape index (κ2) is 10.2. The number of thiazole rings is 1. The molecule has 0 aromatic carbocycles. The van der Waals surface area contributed by atoms with Gasteiger partial charge in [0, 0.05) is 35.4 Å². The Morgan fingerprint density at radius 1 is 1.30 bits per heavy atom. The topological polar surface area (TPSA) is 107 Å². The average Bonchev–Trinajstić information content (AvgIpc) is 3.43. The van der Waals surface area contributed by atoms with Gasteiger partial charge in [-0.05, 0) is 72.8 Å². The van der Waals surface area contributed by atoms with Gasteiger partial charge < -0.3 is 20.6 Å². The molecule has 2 amide bonds. The molecule has 202 valence electrons. The van der Waals surface area contributed by atoms with Gasteiger partial charge in [0.1, 0.15) is 11.5 Å². The van der Waals surface area contributed by atoms with Crippen molar-refractivity contribution in [3.05, 3.63) is 28.5 Å². The van der Waals surface area contributed by atoms with Gasteiger partial charge in [0.05, 0.1) is 16.5 Å². The largest absolute Gasteiger partial charge is 0.388 e. The number of amides is 2. The molecule has 8 nitrogen and oxygen atoms in total. The fraction of sp³-hybridized carbons (Fsp3) is 0.615. The number of halogens is 2. The number of carbonyl (C=O) groups is 2. The van der Waals surface area contributed by atoms with E-state index in [1.165, 1.54) is 12.3 Å². The van der Waals surface area contributed by atoms with Gasteiger partial charge in [0.2, 0.25) is 0 Å². The van der Waals surface area contributed by atoms with Crippen LogP contribution < -0.4 is 10.6 Å². The smallest absolute Gasteiger partial charge is 0.280 e. The molecule has 2 aliphatic rings. The van der Waals surface area contributed by atoms with Crippen LogP contribution >= 0.6 is 11.3 Å². The number of hydrogen-bond donors (Lipinski definition) is 3. The van der Waals surface area contributed by atoms with Crippen LogP contribution in [0.5, 0.6) is 0 Å². The number of aromatic nitrogens is 2. The molecule has 0 spiro atoms. The van der Waals surface area contributed by atoms with Gasteiger partial charge in [-0.2, -0.15) is 0 Å². The standard InChI is InChI=1S/C26H35F2N5O3S/c1-14-8-6-11-33(14)24(35)19-20(37-23(31-19)22(34)30-15(2)25(3,4)36)17-13-29-18(12-16(17)21(27)28)32-26(5)9-7-10-26/h12-15,21,36H,6-11H2,1-5H3,(H,29,32)(H,30,34)/t14-,15?/m0/s1. The van der Waals surface area contributed by atoms with E-state index in [9.17, 15) is 23.5 Å². The van der Waals surface area contributed by atoms with Crippen molar-refractivity contribution >= 4 is 29.0 Å². The lowest BCUT2D eigenvalue weighted by Gasteiger charge is -2.39. The summed E-state index contributed by atoms with van der Waals surface area (Å²) in [7, 11) is 0. The lowest BCUT2D eigenvalue weighted by Crippen LogP contribution is -2.47. The number of rotatable bonds is 8. The molecule has 3 N–H and O–H groups in total. The lowest BCUT2D eigenvalue weighted by atomic mass is 9.78. The summed E-state index contributed by atoms with van der Waals surface area (Å²) < 4.78 is 28.6. The fourth-order valence-electron chi connectivity index (χ4n) is 4.60. The number of pyridine rings is 1. The zero-order valence-corrected chi connectivity index (χ0v) is 22.7. The van der Waals surface area contributed by atoms with Crippen LogP contribution in [-0.2, 0) is 0 Å². The Kier molecular flexibility index (Phi) is 7.58. The number of alkyl halides is 2. The average molecular weight is 536 g/mol. The van der Waals surface area contributed by atoms with Crippen LogP contribution in [0, 0.1) is 0 Å². The molecule has 2 atom stereocenters. The van der Waals surface area contributed by atoms with E-state index in [2.05, 4.69) is 20.6 Å². The van der Waals surface area contributed by atoms with Gasteiger partial charge in [-0.15, -0.1) is 11.3 Å². The first-order valence-corrected chi connectivity index (χ1v) is 13.5. The molecule has 1 saturated heterocycles. The molecule has 0 bridgehead atoms. The first-order valence-electron chi connectivity index (χ1n) is 12.7. The molecule has 0 radical (unpaired) electrons. The molecule has 2 aromatic rings. The molecular weight excluding hydrogens is 500 g/mol. The highest BCUT2D eigenvalue weighted by atomic mass is 32.1. The zero-order valence-electron chi connectivity index (χ0n) is 21.9. The van der Waals surface area contributed by atoms with Gasteiger partial charge in [0.25, 0.3) is 18.2 Å². The Labute approximate surface area is 219 Å². The summed E-state index contributed by atoms with van der Waals surface area (Å²) >= 11 is 0.882. The third-order valence-corrected chi connectivity index (χ3v) is 8.64. The summed E-state index contributed by atoms with van der Waals surface area (Å²) in [5, 5.41) is 16.1. The maximum Gasteiger partial charge on any atom is 0.280 e. The van der Waals surface area contributed by atoms with Crippen molar-refractivity contribution in [2.75, 3.05) is 11.9 Å². The third kappa shape index (κ3) is 5.77. The summed E-state index contributed by atoms with van der Waals surface area (Å²) in [6, 6.07) is 0.699. The minimum atomic E-state index is -2.82. The Balaban J connectivity index is 1.76. The number of carbonyl (C=O) groups excluding carboxylic acids is 2. The summed E-state index contributed by atoms with van der Waals surface area (Å²) in [6.45, 7) is 9.28. The third-order valence-electron chi connectivity index (χ3n) is 7.55. The minimum Gasteiger partial charge on any atom is -0.388 e. The van der Waals surface area contributed by atoms with E-state index in [-0.39, 0.29) is 38.3 Å². The van der Waals surface area contributed by atoms with E-state index in [4.69, 9.17) is 0 Å². The molecule has 1 unspecified atom stereocenters. The molecule has 1 saturated carbocycles. The van der Waals surface area contributed by atoms with Crippen molar-refractivity contribution in [3.8, 4) is 10.4 Å². The number of likely N-dealkylation sites (tertiary alicyclic amines) is 1. The molecule has 3 heterocycles. The van der Waals surface area contributed by atoms with Crippen molar-refractivity contribution in [3.63, 3.8) is 0 Å². The van der Waals surface area contributed by atoms with Crippen LogP contribution in [0.2, 0.25) is 0 Å². The van der Waals surface area contributed by atoms with Crippen LogP contribution in [0.25, 0.3) is 10.4 Å². The van der Waals surface area contributed by atoms with Crippen molar-refractivity contribution in [2.24, 2.45) is 0 Å². The zero-order chi connectivity index (χ0) is 27.1. The van der Waals surface area contributed by atoms with Gasteiger partial charge in [-0.3, -0.25) is 9.59 Å². The SMILES string of the molecule is CC(NC(=O)c1nc(C(=O)N2CCC[C@@H]2C)c(-c2cnc(NC3(C)CCC3)cc2C(F)F)s1)C(C)(C)O. The van der Waals surface area contributed by atoms with E-state index >= 15 is 0 Å². The van der Waals surface area contributed by atoms with Crippen LogP contribution in [-0.4, -0.2) is 61.6 Å². The van der Waals surface area contributed by atoms with E-state index < -0.39 is 29.9 Å². The van der Waals surface area contributed by atoms with Crippen LogP contribution in [0.1, 0.15) is 99.0 Å². The van der Waals surface area contributed by atoms with E-state index in [0.29, 0.717) is 12.4 Å². The van der Waals surface area contributed by atoms with E-state index in [0.717, 1.165) is 43.4 Å². The number of nitrogens with one attached hydrogen (secondary N) is 2. The molecule has 11 heteroatoms. The first kappa shape index (κ1) is 27.4. The van der Waals surface area contributed by atoms with Gasteiger partial charge >= 0.3 is 0 Å².